The van der Waals surface area contributed by atoms with Crippen molar-refractivity contribution in [3.63, 3.8) is 0 Å². The summed E-state index contributed by atoms with van der Waals surface area (Å²) in [5.41, 5.74) is 0.971. The zero-order valence-electron chi connectivity index (χ0n) is 11.9. The van der Waals surface area contributed by atoms with Crippen molar-refractivity contribution >= 4 is 23.4 Å². The summed E-state index contributed by atoms with van der Waals surface area (Å²) in [6, 6.07) is 11.1. The van der Waals surface area contributed by atoms with E-state index in [4.69, 9.17) is 21.1 Å². The van der Waals surface area contributed by atoms with Gasteiger partial charge in [-0.3, -0.25) is 5.32 Å². The SMILES string of the molecule is Cc1cc(OCCOC(=O)Nc2ccccc2F)ccc1Cl. The summed E-state index contributed by atoms with van der Waals surface area (Å²) in [6.45, 7) is 2.10. The van der Waals surface area contributed by atoms with Crippen molar-refractivity contribution in [2.24, 2.45) is 0 Å². The molecule has 1 N–H and O–H groups in total. The van der Waals surface area contributed by atoms with Crippen molar-refractivity contribution < 1.29 is 18.7 Å². The second kappa shape index (κ2) is 7.66. The minimum absolute atomic E-state index is 0.0436. The average Bonchev–Trinajstić information content (AvgIpc) is 2.49. The summed E-state index contributed by atoms with van der Waals surface area (Å²) >= 11 is 5.91. The Morgan fingerprint density at radius 3 is 2.73 bits per heavy atom. The van der Waals surface area contributed by atoms with Crippen LogP contribution in [-0.4, -0.2) is 19.3 Å². The number of amides is 1. The molecule has 0 unspecified atom stereocenters. The first-order valence-electron chi connectivity index (χ1n) is 6.63. The standard InChI is InChI=1S/C16H15ClFNO3/c1-11-10-12(6-7-13(11)17)21-8-9-22-16(20)19-15-5-3-2-4-14(15)18/h2-7,10H,8-9H2,1H3,(H,19,20). The number of hydrogen-bond acceptors (Lipinski definition) is 3. The maximum atomic E-state index is 13.3. The van der Waals surface area contributed by atoms with Gasteiger partial charge in [0.05, 0.1) is 5.69 Å². The molecule has 2 aromatic carbocycles. The zero-order valence-corrected chi connectivity index (χ0v) is 12.7. The molecule has 4 nitrogen and oxygen atoms in total. The summed E-state index contributed by atoms with van der Waals surface area (Å²) in [7, 11) is 0. The van der Waals surface area contributed by atoms with Gasteiger partial charge in [-0.1, -0.05) is 23.7 Å². The molecule has 116 valence electrons. The fourth-order valence-corrected chi connectivity index (χ4v) is 1.83. The molecule has 0 aliphatic carbocycles. The average molecular weight is 324 g/mol. The quantitative estimate of drug-likeness (QED) is 0.829. The number of carbonyl (C=O) groups is 1. The van der Waals surface area contributed by atoms with Crippen LogP contribution in [0.4, 0.5) is 14.9 Å². The third-order valence-electron chi connectivity index (χ3n) is 2.83. The van der Waals surface area contributed by atoms with E-state index in [0.29, 0.717) is 10.8 Å². The summed E-state index contributed by atoms with van der Waals surface area (Å²) in [4.78, 5) is 11.5. The molecule has 1 amide bonds. The monoisotopic (exact) mass is 323 g/mol. The summed E-state index contributed by atoms with van der Waals surface area (Å²) in [5.74, 6) is 0.118. The number of hydrogen-bond donors (Lipinski definition) is 1. The molecule has 0 bridgehead atoms. The van der Waals surface area contributed by atoms with Crippen LogP contribution >= 0.6 is 11.6 Å². The van der Waals surface area contributed by atoms with E-state index in [9.17, 15) is 9.18 Å². The van der Waals surface area contributed by atoms with Gasteiger partial charge in [0.25, 0.3) is 0 Å². The highest BCUT2D eigenvalue weighted by Crippen LogP contribution is 2.20. The van der Waals surface area contributed by atoms with Crippen molar-refractivity contribution in [1.82, 2.24) is 0 Å². The van der Waals surface area contributed by atoms with E-state index >= 15 is 0 Å². The maximum Gasteiger partial charge on any atom is 0.411 e. The lowest BCUT2D eigenvalue weighted by Crippen LogP contribution is -2.18. The Bertz CT molecular complexity index is 664. The van der Waals surface area contributed by atoms with Crippen LogP contribution in [0.5, 0.6) is 5.75 Å². The van der Waals surface area contributed by atoms with Gasteiger partial charge in [0.15, 0.2) is 0 Å². The number of anilines is 1. The van der Waals surface area contributed by atoms with Gasteiger partial charge in [-0.2, -0.15) is 0 Å². The maximum absolute atomic E-state index is 13.3. The van der Waals surface area contributed by atoms with E-state index in [1.165, 1.54) is 18.2 Å². The topological polar surface area (TPSA) is 47.6 Å². The molecule has 0 saturated heterocycles. The first-order valence-corrected chi connectivity index (χ1v) is 7.01. The molecule has 0 fully saturated rings. The number of rotatable bonds is 5. The Balaban J connectivity index is 1.73. The van der Waals surface area contributed by atoms with Crippen molar-refractivity contribution in [3.05, 3.63) is 58.9 Å². The number of carbonyl (C=O) groups excluding carboxylic acids is 1. The van der Waals surface area contributed by atoms with Crippen LogP contribution in [0.2, 0.25) is 5.02 Å². The third-order valence-corrected chi connectivity index (χ3v) is 3.25. The smallest absolute Gasteiger partial charge is 0.411 e. The molecule has 0 radical (unpaired) electrons. The Hall–Kier alpha value is -2.27. The molecule has 0 aliphatic heterocycles. The molecule has 0 aliphatic rings. The minimum Gasteiger partial charge on any atom is -0.490 e. The zero-order chi connectivity index (χ0) is 15.9. The van der Waals surface area contributed by atoms with Crippen LogP contribution in [0.25, 0.3) is 0 Å². The van der Waals surface area contributed by atoms with E-state index in [1.54, 1.807) is 24.3 Å². The molecule has 0 aromatic heterocycles. The predicted molar refractivity (Wildman–Crippen MR) is 83.1 cm³/mol. The fraction of sp³-hybridized carbons (Fsp3) is 0.188. The highest BCUT2D eigenvalue weighted by atomic mass is 35.5. The highest BCUT2D eigenvalue weighted by Gasteiger charge is 2.07. The van der Waals surface area contributed by atoms with Crippen molar-refractivity contribution in [2.45, 2.75) is 6.92 Å². The first kappa shape index (κ1) is 16.1. The van der Waals surface area contributed by atoms with Crippen molar-refractivity contribution in [3.8, 4) is 5.75 Å². The normalized spacial score (nSPS) is 10.1. The van der Waals surface area contributed by atoms with Gasteiger partial charge in [-0.15, -0.1) is 0 Å². The molecule has 0 saturated carbocycles. The molecule has 22 heavy (non-hydrogen) atoms. The Morgan fingerprint density at radius 2 is 2.00 bits per heavy atom. The van der Waals surface area contributed by atoms with E-state index in [-0.39, 0.29) is 18.9 Å². The Morgan fingerprint density at radius 1 is 1.23 bits per heavy atom. The van der Waals surface area contributed by atoms with Crippen LogP contribution in [0.3, 0.4) is 0 Å². The number of halogens is 2. The second-order valence-corrected chi connectivity index (χ2v) is 4.91. The van der Waals surface area contributed by atoms with Gasteiger partial charge in [0.2, 0.25) is 0 Å². The number of nitrogens with one attached hydrogen (secondary N) is 1. The minimum atomic E-state index is -0.735. The molecule has 2 rings (SSSR count). The Labute approximate surface area is 132 Å². The second-order valence-electron chi connectivity index (χ2n) is 4.50. The van der Waals surface area contributed by atoms with Crippen LogP contribution in [0.15, 0.2) is 42.5 Å². The van der Waals surface area contributed by atoms with Crippen LogP contribution < -0.4 is 10.1 Å². The lowest BCUT2D eigenvalue weighted by molar-refractivity contribution is 0.137. The molecular weight excluding hydrogens is 309 g/mol. The van der Waals surface area contributed by atoms with E-state index in [2.05, 4.69) is 5.32 Å². The number of para-hydroxylation sites is 1. The van der Waals surface area contributed by atoms with Crippen molar-refractivity contribution in [2.75, 3.05) is 18.5 Å². The number of aryl methyl sites for hydroxylation is 1. The van der Waals surface area contributed by atoms with Crippen LogP contribution in [0.1, 0.15) is 5.56 Å². The van der Waals surface area contributed by atoms with E-state index < -0.39 is 11.9 Å². The van der Waals surface area contributed by atoms with Crippen LogP contribution in [-0.2, 0) is 4.74 Å². The molecular formula is C16H15ClFNO3. The molecule has 6 heteroatoms. The van der Waals surface area contributed by atoms with Crippen LogP contribution in [0, 0.1) is 12.7 Å². The summed E-state index contributed by atoms with van der Waals surface area (Å²) in [5, 5.41) is 2.98. The highest BCUT2D eigenvalue weighted by molar-refractivity contribution is 6.31. The van der Waals surface area contributed by atoms with Gasteiger partial charge < -0.3 is 9.47 Å². The molecule has 0 atom stereocenters. The Kier molecular flexibility index (Phi) is 5.61. The van der Waals surface area contributed by atoms with Gasteiger partial charge in [-0.25, -0.2) is 9.18 Å². The third kappa shape index (κ3) is 4.63. The predicted octanol–water partition coefficient (Wildman–Crippen LogP) is 4.42. The van der Waals surface area contributed by atoms with E-state index in [1.807, 2.05) is 6.92 Å². The lowest BCUT2D eigenvalue weighted by atomic mass is 10.2. The largest absolute Gasteiger partial charge is 0.490 e. The van der Waals surface area contributed by atoms with Crippen molar-refractivity contribution in [1.29, 1.82) is 0 Å². The van der Waals surface area contributed by atoms with E-state index in [0.717, 1.165) is 5.56 Å². The lowest BCUT2D eigenvalue weighted by Gasteiger charge is -2.09. The van der Waals surface area contributed by atoms with Gasteiger partial charge in [0.1, 0.15) is 24.8 Å². The number of benzene rings is 2. The summed E-state index contributed by atoms with van der Waals surface area (Å²) in [6.07, 6.45) is -0.735. The van der Waals surface area contributed by atoms with Gasteiger partial charge >= 0.3 is 6.09 Å². The molecule has 0 spiro atoms. The molecule has 2 aromatic rings. The fourth-order valence-electron chi connectivity index (χ4n) is 1.71. The summed E-state index contributed by atoms with van der Waals surface area (Å²) < 4.78 is 23.7. The first-order chi connectivity index (χ1) is 10.6. The number of ether oxygens (including phenoxy) is 2. The van der Waals surface area contributed by atoms with Gasteiger partial charge in [-0.05, 0) is 42.8 Å². The van der Waals surface area contributed by atoms with Gasteiger partial charge in [0, 0.05) is 5.02 Å². The molecule has 0 heterocycles.